The van der Waals surface area contributed by atoms with Crippen LogP contribution in [0.25, 0.3) is 10.1 Å². The average Bonchev–Trinajstić information content (AvgIpc) is 3.46. The van der Waals surface area contributed by atoms with E-state index in [1.807, 2.05) is 18.2 Å². The van der Waals surface area contributed by atoms with Gasteiger partial charge in [0.1, 0.15) is 0 Å². The molecule has 0 radical (unpaired) electrons. The van der Waals surface area contributed by atoms with Gasteiger partial charge < -0.3 is 13.9 Å². The molecule has 11 heteroatoms. The zero-order chi connectivity index (χ0) is 20.7. The van der Waals surface area contributed by atoms with Crippen molar-refractivity contribution in [1.29, 1.82) is 0 Å². The summed E-state index contributed by atoms with van der Waals surface area (Å²) in [5, 5.41) is 21.9. The van der Waals surface area contributed by atoms with E-state index < -0.39 is 10.8 Å². The zero-order valence-electron chi connectivity index (χ0n) is 15.2. The van der Waals surface area contributed by atoms with E-state index in [0.717, 1.165) is 10.3 Å². The van der Waals surface area contributed by atoms with Crippen molar-refractivity contribution in [3.63, 3.8) is 0 Å². The Morgan fingerprint density at radius 2 is 2.00 bits per heavy atom. The van der Waals surface area contributed by atoms with Gasteiger partial charge >= 0.3 is 6.01 Å². The van der Waals surface area contributed by atoms with Crippen molar-refractivity contribution >= 4 is 39.0 Å². The minimum Gasteiger partial charge on any atom is -0.454 e. The molecule has 2 aromatic carbocycles. The van der Waals surface area contributed by atoms with Crippen LogP contribution in [0.3, 0.4) is 0 Å². The smallest absolute Gasteiger partial charge is 0.322 e. The standard InChI is InChI=1S/C19H12N4O6S/c24-18(16-8-11-7-12(23(25)26)2-4-15(11)30-16)20-19-22-21-17(29-19)6-10-1-3-13-14(5-10)28-9-27-13/h1-5,7-8H,6,9H2,(H,20,22,24). The lowest BCUT2D eigenvalue weighted by Gasteiger charge is -2.00. The van der Waals surface area contributed by atoms with Crippen LogP contribution in [-0.4, -0.2) is 27.8 Å². The largest absolute Gasteiger partial charge is 0.454 e. The number of nitro benzene ring substituents is 1. The lowest BCUT2D eigenvalue weighted by Crippen LogP contribution is -2.10. The molecule has 0 aliphatic carbocycles. The number of thiophene rings is 1. The number of carbonyl (C=O) groups excluding carboxylic acids is 1. The number of rotatable bonds is 5. The number of nitrogens with zero attached hydrogens (tertiary/aromatic N) is 3. The van der Waals surface area contributed by atoms with Gasteiger partial charge in [-0.2, -0.15) is 0 Å². The van der Waals surface area contributed by atoms with Crippen LogP contribution in [0.1, 0.15) is 21.1 Å². The number of nitrogens with one attached hydrogen (secondary N) is 1. The summed E-state index contributed by atoms with van der Waals surface area (Å²) in [6, 6.07) is 11.5. The molecule has 10 nitrogen and oxygen atoms in total. The number of ether oxygens (including phenoxy) is 2. The third kappa shape index (κ3) is 3.42. The molecule has 5 rings (SSSR count). The third-order valence-corrected chi connectivity index (χ3v) is 5.53. The van der Waals surface area contributed by atoms with Gasteiger partial charge in [-0.3, -0.25) is 20.2 Å². The molecule has 150 valence electrons. The number of carbonyl (C=O) groups is 1. The monoisotopic (exact) mass is 424 g/mol. The van der Waals surface area contributed by atoms with Crippen LogP contribution in [0.4, 0.5) is 11.7 Å². The number of non-ortho nitro benzene ring substituents is 1. The molecule has 4 aromatic rings. The van der Waals surface area contributed by atoms with Crippen molar-refractivity contribution in [3.8, 4) is 11.5 Å². The van der Waals surface area contributed by atoms with Crippen LogP contribution in [0.5, 0.6) is 11.5 Å². The maximum Gasteiger partial charge on any atom is 0.322 e. The summed E-state index contributed by atoms with van der Waals surface area (Å²) in [6.07, 6.45) is 0.367. The van der Waals surface area contributed by atoms with Crippen LogP contribution in [-0.2, 0) is 6.42 Å². The quantitative estimate of drug-likeness (QED) is 0.379. The predicted octanol–water partition coefficient (Wildman–Crippen LogP) is 3.76. The van der Waals surface area contributed by atoms with Crippen LogP contribution in [0.2, 0.25) is 0 Å². The normalized spacial score (nSPS) is 12.3. The Kier molecular flexibility index (Phi) is 4.29. The summed E-state index contributed by atoms with van der Waals surface area (Å²) in [4.78, 5) is 23.3. The summed E-state index contributed by atoms with van der Waals surface area (Å²) < 4.78 is 16.9. The van der Waals surface area contributed by atoms with Gasteiger partial charge in [-0.1, -0.05) is 11.2 Å². The molecule has 0 spiro atoms. The van der Waals surface area contributed by atoms with Crippen molar-refractivity contribution in [3.05, 3.63) is 68.9 Å². The molecule has 3 heterocycles. The van der Waals surface area contributed by atoms with Gasteiger partial charge in [-0.15, -0.1) is 16.4 Å². The molecule has 0 unspecified atom stereocenters. The molecular formula is C19H12N4O6S. The van der Waals surface area contributed by atoms with E-state index in [1.54, 1.807) is 12.1 Å². The molecule has 0 atom stereocenters. The second kappa shape index (κ2) is 7.12. The van der Waals surface area contributed by atoms with E-state index in [1.165, 1.54) is 23.5 Å². The lowest BCUT2D eigenvalue weighted by atomic mass is 10.1. The Morgan fingerprint density at radius 1 is 1.13 bits per heavy atom. The highest BCUT2D eigenvalue weighted by Crippen LogP contribution is 2.33. The molecule has 1 aliphatic heterocycles. The summed E-state index contributed by atoms with van der Waals surface area (Å²) >= 11 is 1.22. The van der Waals surface area contributed by atoms with Crippen molar-refractivity contribution in [2.45, 2.75) is 6.42 Å². The first-order chi connectivity index (χ1) is 14.5. The molecule has 0 fully saturated rings. The SMILES string of the molecule is O=C(Nc1nnc(Cc2ccc3c(c2)OCO3)o1)c1cc2cc([N+](=O)[O-])ccc2s1. The minimum absolute atomic E-state index is 0.0285. The summed E-state index contributed by atoms with van der Waals surface area (Å²) in [5.41, 5.74) is 0.865. The Bertz CT molecular complexity index is 1300. The van der Waals surface area contributed by atoms with Crippen molar-refractivity contribution in [2.75, 3.05) is 12.1 Å². The first kappa shape index (κ1) is 18.1. The fourth-order valence-electron chi connectivity index (χ4n) is 3.02. The van der Waals surface area contributed by atoms with Gasteiger partial charge in [-0.25, -0.2) is 0 Å². The molecule has 2 aromatic heterocycles. The van der Waals surface area contributed by atoms with Crippen LogP contribution in [0, 0.1) is 10.1 Å². The number of hydrogen-bond donors (Lipinski definition) is 1. The highest BCUT2D eigenvalue weighted by atomic mass is 32.1. The van der Waals surface area contributed by atoms with Crippen molar-refractivity contribution in [1.82, 2.24) is 10.2 Å². The highest BCUT2D eigenvalue weighted by molar-refractivity contribution is 7.20. The molecule has 30 heavy (non-hydrogen) atoms. The zero-order valence-corrected chi connectivity index (χ0v) is 16.0. The predicted molar refractivity (Wildman–Crippen MR) is 106 cm³/mol. The van der Waals surface area contributed by atoms with E-state index in [2.05, 4.69) is 15.5 Å². The van der Waals surface area contributed by atoms with E-state index in [9.17, 15) is 14.9 Å². The summed E-state index contributed by atoms with van der Waals surface area (Å²) in [7, 11) is 0. The molecule has 1 aliphatic rings. The van der Waals surface area contributed by atoms with Gasteiger partial charge in [-0.05, 0) is 29.8 Å². The molecule has 1 amide bonds. The van der Waals surface area contributed by atoms with Crippen molar-refractivity contribution in [2.24, 2.45) is 0 Å². The minimum atomic E-state index is -0.475. The average molecular weight is 424 g/mol. The second-order valence-corrected chi connectivity index (χ2v) is 7.49. The molecule has 0 saturated heterocycles. The van der Waals surface area contributed by atoms with Gasteiger partial charge in [0.05, 0.1) is 16.2 Å². The Balaban J connectivity index is 1.29. The summed E-state index contributed by atoms with van der Waals surface area (Å²) in [6.45, 7) is 0.195. The van der Waals surface area contributed by atoms with E-state index in [0.29, 0.717) is 34.1 Å². The maximum atomic E-state index is 12.5. The first-order valence-corrected chi connectivity index (χ1v) is 9.57. The fraction of sp³-hybridized carbons (Fsp3) is 0.105. The fourth-order valence-corrected chi connectivity index (χ4v) is 3.95. The van der Waals surface area contributed by atoms with E-state index in [4.69, 9.17) is 13.9 Å². The van der Waals surface area contributed by atoms with E-state index in [-0.39, 0.29) is 18.5 Å². The maximum absolute atomic E-state index is 12.5. The number of aromatic nitrogens is 2. The molecular weight excluding hydrogens is 412 g/mol. The van der Waals surface area contributed by atoms with Crippen LogP contribution < -0.4 is 14.8 Å². The van der Waals surface area contributed by atoms with Crippen LogP contribution >= 0.6 is 11.3 Å². The highest BCUT2D eigenvalue weighted by Gasteiger charge is 2.17. The number of anilines is 1. The topological polar surface area (TPSA) is 130 Å². The molecule has 0 saturated carbocycles. The van der Waals surface area contributed by atoms with Gasteiger partial charge in [0, 0.05) is 22.2 Å². The second-order valence-electron chi connectivity index (χ2n) is 6.41. The van der Waals surface area contributed by atoms with Crippen molar-refractivity contribution < 1.29 is 23.6 Å². The molecule has 0 bridgehead atoms. The first-order valence-electron chi connectivity index (χ1n) is 8.75. The number of nitro groups is 1. The number of amides is 1. The van der Waals surface area contributed by atoms with Gasteiger partial charge in [0.2, 0.25) is 12.7 Å². The lowest BCUT2D eigenvalue weighted by molar-refractivity contribution is -0.384. The van der Waals surface area contributed by atoms with E-state index >= 15 is 0 Å². The Morgan fingerprint density at radius 3 is 2.87 bits per heavy atom. The number of benzene rings is 2. The number of hydrogen-bond acceptors (Lipinski definition) is 9. The van der Waals surface area contributed by atoms with Gasteiger partial charge in [0.25, 0.3) is 11.6 Å². The van der Waals surface area contributed by atoms with Gasteiger partial charge in [0.15, 0.2) is 11.5 Å². The third-order valence-electron chi connectivity index (χ3n) is 4.41. The summed E-state index contributed by atoms with van der Waals surface area (Å²) in [5.74, 6) is 1.24. The molecule has 1 N–H and O–H groups in total. The van der Waals surface area contributed by atoms with Crippen LogP contribution in [0.15, 0.2) is 46.9 Å². The Labute approximate surface area is 172 Å². The number of fused-ring (bicyclic) bond motifs is 2. The Hall–Kier alpha value is -3.99.